The standard InChI is InChI=1S/C27H35ClN4O2/c1-19(2)16-31(17-20(3)4)27(34)18-32-24-12-8-7-11-23(24)30-25(32)13-14-29-26(33)15-21-9-5-6-10-22(21)28/h5-12,19-20H,13-18H2,1-4H3,(H,29,33). The minimum Gasteiger partial charge on any atom is -0.355 e. The molecule has 1 heterocycles. The van der Waals surface area contributed by atoms with Crippen LogP contribution in [0.4, 0.5) is 0 Å². The van der Waals surface area contributed by atoms with Crippen LogP contribution in [0.25, 0.3) is 11.0 Å². The molecule has 3 aromatic rings. The number of imidazole rings is 1. The van der Waals surface area contributed by atoms with Crippen LogP contribution in [-0.2, 0) is 29.0 Å². The second-order valence-corrected chi connectivity index (χ2v) is 9.96. The van der Waals surface area contributed by atoms with Crippen LogP contribution in [0.2, 0.25) is 5.02 Å². The molecule has 0 atom stereocenters. The smallest absolute Gasteiger partial charge is 0.242 e. The van der Waals surface area contributed by atoms with Crippen LogP contribution in [0.1, 0.15) is 39.1 Å². The second kappa shape index (κ2) is 12.0. The van der Waals surface area contributed by atoms with Crippen LogP contribution < -0.4 is 5.32 Å². The van der Waals surface area contributed by atoms with Gasteiger partial charge in [0.25, 0.3) is 0 Å². The number of aromatic nitrogens is 2. The van der Waals surface area contributed by atoms with Gasteiger partial charge in [-0.25, -0.2) is 4.98 Å². The molecule has 0 radical (unpaired) electrons. The monoisotopic (exact) mass is 482 g/mol. The molecular formula is C27H35ClN4O2. The average Bonchev–Trinajstić information content (AvgIpc) is 3.11. The number of hydrogen-bond donors (Lipinski definition) is 1. The third-order valence-corrected chi connectivity index (χ3v) is 5.90. The number of rotatable bonds is 11. The molecule has 3 rings (SSSR count). The van der Waals surface area contributed by atoms with Crippen LogP contribution in [0.3, 0.4) is 0 Å². The summed E-state index contributed by atoms with van der Waals surface area (Å²) in [6, 6.07) is 15.2. The highest BCUT2D eigenvalue weighted by atomic mass is 35.5. The zero-order valence-corrected chi connectivity index (χ0v) is 21.3. The van der Waals surface area contributed by atoms with Crippen LogP contribution in [0, 0.1) is 11.8 Å². The van der Waals surface area contributed by atoms with Gasteiger partial charge in [0.05, 0.1) is 17.5 Å². The number of halogens is 1. The van der Waals surface area contributed by atoms with Crippen LogP contribution in [0.15, 0.2) is 48.5 Å². The molecule has 1 N–H and O–H groups in total. The Labute approximate surface area is 207 Å². The summed E-state index contributed by atoms with van der Waals surface area (Å²) in [7, 11) is 0. The molecule has 0 saturated heterocycles. The molecular weight excluding hydrogens is 448 g/mol. The fourth-order valence-corrected chi connectivity index (χ4v) is 4.28. The largest absolute Gasteiger partial charge is 0.355 e. The highest BCUT2D eigenvalue weighted by molar-refractivity contribution is 6.31. The van der Waals surface area contributed by atoms with Crippen molar-refractivity contribution < 1.29 is 9.59 Å². The molecule has 7 heteroatoms. The summed E-state index contributed by atoms with van der Waals surface area (Å²) < 4.78 is 1.99. The Kier molecular flexibility index (Phi) is 9.11. The van der Waals surface area contributed by atoms with Gasteiger partial charge in [-0.2, -0.15) is 0 Å². The molecule has 34 heavy (non-hydrogen) atoms. The first-order chi connectivity index (χ1) is 16.2. The van der Waals surface area contributed by atoms with Crippen molar-refractivity contribution >= 4 is 34.4 Å². The molecule has 6 nitrogen and oxygen atoms in total. The zero-order valence-electron chi connectivity index (χ0n) is 20.6. The van der Waals surface area contributed by atoms with Crippen LogP contribution >= 0.6 is 11.6 Å². The highest BCUT2D eigenvalue weighted by Crippen LogP contribution is 2.18. The fourth-order valence-electron chi connectivity index (χ4n) is 4.08. The van der Waals surface area contributed by atoms with E-state index in [4.69, 9.17) is 16.6 Å². The van der Waals surface area contributed by atoms with Gasteiger partial charge in [-0.15, -0.1) is 0 Å². The van der Waals surface area contributed by atoms with E-state index in [2.05, 4.69) is 33.0 Å². The van der Waals surface area contributed by atoms with E-state index in [9.17, 15) is 9.59 Å². The molecule has 0 aliphatic heterocycles. The van der Waals surface area contributed by atoms with Gasteiger partial charge in [0.2, 0.25) is 11.8 Å². The van der Waals surface area contributed by atoms with Crippen molar-refractivity contribution in [2.75, 3.05) is 19.6 Å². The van der Waals surface area contributed by atoms with E-state index in [0.29, 0.717) is 29.8 Å². The Morgan fingerprint density at radius 1 is 1.00 bits per heavy atom. The molecule has 0 fully saturated rings. The molecule has 0 saturated carbocycles. The fraction of sp³-hybridized carbons (Fsp3) is 0.444. The molecule has 0 unspecified atom stereocenters. The Hall–Kier alpha value is -2.86. The minimum absolute atomic E-state index is 0.0909. The van der Waals surface area contributed by atoms with E-state index in [0.717, 1.165) is 35.5 Å². The first-order valence-electron chi connectivity index (χ1n) is 12.0. The highest BCUT2D eigenvalue weighted by Gasteiger charge is 2.20. The predicted octanol–water partition coefficient (Wildman–Crippen LogP) is 4.73. The normalized spacial score (nSPS) is 11.4. The summed E-state index contributed by atoms with van der Waals surface area (Å²) in [6.45, 7) is 10.7. The van der Waals surface area contributed by atoms with E-state index in [1.807, 2.05) is 51.9 Å². The van der Waals surface area contributed by atoms with E-state index in [-0.39, 0.29) is 24.8 Å². The van der Waals surface area contributed by atoms with Crippen molar-refractivity contribution in [3.05, 3.63) is 64.9 Å². The molecule has 182 valence electrons. The minimum atomic E-state index is -0.0909. The summed E-state index contributed by atoms with van der Waals surface area (Å²) in [5.41, 5.74) is 2.59. The van der Waals surface area contributed by atoms with Gasteiger partial charge in [0, 0.05) is 31.1 Å². The van der Waals surface area contributed by atoms with Gasteiger partial charge >= 0.3 is 0 Å². The van der Waals surface area contributed by atoms with E-state index in [1.54, 1.807) is 6.07 Å². The number of amides is 2. The van der Waals surface area contributed by atoms with Gasteiger partial charge in [-0.05, 0) is 35.6 Å². The number of benzene rings is 2. The Morgan fingerprint density at radius 3 is 2.32 bits per heavy atom. The van der Waals surface area contributed by atoms with Crippen molar-refractivity contribution in [3.8, 4) is 0 Å². The number of para-hydroxylation sites is 2. The van der Waals surface area contributed by atoms with Gasteiger partial charge < -0.3 is 14.8 Å². The maximum absolute atomic E-state index is 13.3. The quantitative estimate of drug-likeness (QED) is 0.429. The molecule has 0 aliphatic carbocycles. The van der Waals surface area contributed by atoms with E-state index >= 15 is 0 Å². The Morgan fingerprint density at radius 2 is 1.65 bits per heavy atom. The van der Waals surface area contributed by atoms with Crippen molar-refractivity contribution in [3.63, 3.8) is 0 Å². The van der Waals surface area contributed by atoms with Gasteiger partial charge in [-0.3, -0.25) is 9.59 Å². The third kappa shape index (κ3) is 7.07. The lowest BCUT2D eigenvalue weighted by molar-refractivity contribution is -0.133. The lowest BCUT2D eigenvalue weighted by Gasteiger charge is -2.27. The number of fused-ring (bicyclic) bond motifs is 1. The first-order valence-corrected chi connectivity index (χ1v) is 12.3. The van der Waals surface area contributed by atoms with Crippen molar-refractivity contribution in [1.82, 2.24) is 19.8 Å². The topological polar surface area (TPSA) is 67.2 Å². The second-order valence-electron chi connectivity index (χ2n) is 9.56. The average molecular weight is 483 g/mol. The Bertz CT molecular complexity index is 1110. The number of carbonyl (C=O) groups is 2. The zero-order chi connectivity index (χ0) is 24.7. The molecule has 1 aromatic heterocycles. The molecule has 0 aliphatic rings. The molecule has 2 amide bonds. The summed E-state index contributed by atoms with van der Waals surface area (Å²) in [5.74, 6) is 1.59. The van der Waals surface area contributed by atoms with Crippen LogP contribution in [0.5, 0.6) is 0 Å². The first kappa shape index (κ1) is 25.8. The van der Waals surface area contributed by atoms with E-state index < -0.39 is 0 Å². The lowest BCUT2D eigenvalue weighted by atomic mass is 10.1. The number of nitrogens with zero attached hydrogens (tertiary/aromatic N) is 3. The maximum Gasteiger partial charge on any atom is 0.242 e. The molecule has 0 spiro atoms. The van der Waals surface area contributed by atoms with Crippen molar-refractivity contribution in [2.45, 2.75) is 47.1 Å². The number of hydrogen-bond acceptors (Lipinski definition) is 3. The van der Waals surface area contributed by atoms with Crippen molar-refractivity contribution in [2.24, 2.45) is 11.8 Å². The number of nitrogens with one attached hydrogen (secondary N) is 1. The van der Waals surface area contributed by atoms with Crippen LogP contribution in [-0.4, -0.2) is 45.9 Å². The third-order valence-electron chi connectivity index (χ3n) is 5.53. The summed E-state index contributed by atoms with van der Waals surface area (Å²) >= 11 is 6.17. The van der Waals surface area contributed by atoms with Gasteiger partial charge in [0.1, 0.15) is 12.4 Å². The molecule has 0 bridgehead atoms. The SMILES string of the molecule is CC(C)CN(CC(C)C)C(=O)Cn1c(CCNC(=O)Cc2ccccc2Cl)nc2ccccc21. The van der Waals surface area contributed by atoms with E-state index in [1.165, 1.54) is 0 Å². The lowest BCUT2D eigenvalue weighted by Crippen LogP contribution is -2.39. The molecule has 2 aromatic carbocycles. The van der Waals surface area contributed by atoms with Crippen molar-refractivity contribution in [1.29, 1.82) is 0 Å². The number of carbonyl (C=O) groups excluding carboxylic acids is 2. The Balaban J connectivity index is 1.71. The maximum atomic E-state index is 13.3. The van der Waals surface area contributed by atoms with Gasteiger partial charge in [-0.1, -0.05) is 69.6 Å². The summed E-state index contributed by atoms with van der Waals surface area (Å²) in [4.78, 5) is 32.4. The summed E-state index contributed by atoms with van der Waals surface area (Å²) in [5, 5.41) is 3.55. The predicted molar refractivity (Wildman–Crippen MR) is 138 cm³/mol. The van der Waals surface area contributed by atoms with Gasteiger partial charge in [0.15, 0.2) is 0 Å². The summed E-state index contributed by atoms with van der Waals surface area (Å²) in [6.07, 6.45) is 0.762.